The molecule has 19 heavy (non-hydrogen) atoms. The Balaban J connectivity index is 1.94. The zero-order valence-electron chi connectivity index (χ0n) is 11.6. The fraction of sp³-hybridized carbons (Fsp3) is 0.562. The molecular formula is C16H23NO2. The monoisotopic (exact) mass is 261 g/mol. The van der Waals surface area contributed by atoms with Gasteiger partial charge in [-0.15, -0.1) is 0 Å². The minimum absolute atomic E-state index is 0.373. The van der Waals surface area contributed by atoms with E-state index in [1.165, 1.54) is 25.7 Å². The summed E-state index contributed by atoms with van der Waals surface area (Å²) in [6.07, 6.45) is 7.43. The average Bonchev–Trinajstić information content (AvgIpc) is 2.42. The van der Waals surface area contributed by atoms with Gasteiger partial charge in [-0.05, 0) is 43.7 Å². The van der Waals surface area contributed by atoms with Crippen molar-refractivity contribution in [2.45, 2.75) is 51.5 Å². The molecule has 1 aromatic carbocycles. The topological polar surface area (TPSA) is 49.3 Å². The minimum atomic E-state index is -0.859. The number of carboxylic acid groups (broad SMARTS) is 1. The molecule has 1 fully saturated rings. The van der Waals surface area contributed by atoms with Gasteiger partial charge in [-0.3, -0.25) is 0 Å². The summed E-state index contributed by atoms with van der Waals surface area (Å²) in [6.45, 7) is 2.24. The summed E-state index contributed by atoms with van der Waals surface area (Å²) < 4.78 is 0. The number of benzene rings is 1. The van der Waals surface area contributed by atoms with Crippen molar-refractivity contribution in [3.05, 3.63) is 29.8 Å². The molecule has 0 saturated heterocycles. The van der Waals surface area contributed by atoms with E-state index in [-0.39, 0.29) is 0 Å². The van der Waals surface area contributed by atoms with Crippen LogP contribution in [0, 0.1) is 5.92 Å². The highest BCUT2D eigenvalue weighted by atomic mass is 16.4. The molecule has 0 aromatic heterocycles. The lowest BCUT2D eigenvalue weighted by Crippen LogP contribution is -2.26. The summed E-state index contributed by atoms with van der Waals surface area (Å²) >= 11 is 0. The van der Waals surface area contributed by atoms with E-state index in [2.05, 4.69) is 12.2 Å². The maximum atomic E-state index is 11.2. The molecule has 0 spiro atoms. The molecule has 1 aliphatic rings. The smallest absolute Gasteiger partial charge is 0.337 e. The van der Waals surface area contributed by atoms with Crippen LogP contribution < -0.4 is 5.32 Å². The highest BCUT2D eigenvalue weighted by Crippen LogP contribution is 2.30. The van der Waals surface area contributed by atoms with Crippen LogP contribution in [0.2, 0.25) is 0 Å². The van der Waals surface area contributed by atoms with Gasteiger partial charge in [0.25, 0.3) is 0 Å². The predicted octanol–water partition coefficient (Wildman–Crippen LogP) is 4.16. The molecule has 0 amide bonds. The van der Waals surface area contributed by atoms with E-state index < -0.39 is 5.97 Å². The van der Waals surface area contributed by atoms with Crippen molar-refractivity contribution in [1.29, 1.82) is 0 Å². The molecule has 1 aromatic rings. The predicted molar refractivity (Wildman–Crippen MR) is 77.7 cm³/mol. The maximum absolute atomic E-state index is 11.2. The second-order valence-electron chi connectivity index (χ2n) is 5.50. The summed E-state index contributed by atoms with van der Waals surface area (Å²) in [5, 5.41) is 12.6. The van der Waals surface area contributed by atoms with Crippen molar-refractivity contribution in [1.82, 2.24) is 0 Å². The number of carboxylic acids is 1. The lowest BCUT2D eigenvalue weighted by Gasteiger charge is -2.30. The van der Waals surface area contributed by atoms with Crippen LogP contribution in [0.15, 0.2) is 24.3 Å². The van der Waals surface area contributed by atoms with E-state index in [9.17, 15) is 4.79 Å². The quantitative estimate of drug-likeness (QED) is 0.837. The van der Waals surface area contributed by atoms with Gasteiger partial charge in [0.1, 0.15) is 0 Å². The first-order chi connectivity index (χ1) is 9.20. The Morgan fingerprint density at radius 3 is 2.58 bits per heavy atom. The van der Waals surface area contributed by atoms with Crippen molar-refractivity contribution in [2.75, 3.05) is 5.32 Å². The van der Waals surface area contributed by atoms with Crippen LogP contribution in [-0.2, 0) is 0 Å². The van der Waals surface area contributed by atoms with E-state index in [0.717, 1.165) is 24.4 Å². The molecule has 0 heterocycles. The van der Waals surface area contributed by atoms with Gasteiger partial charge in [-0.2, -0.15) is 0 Å². The second-order valence-corrected chi connectivity index (χ2v) is 5.50. The highest BCUT2D eigenvalue weighted by molar-refractivity contribution is 5.94. The Kier molecular flexibility index (Phi) is 4.83. The Morgan fingerprint density at radius 2 is 1.95 bits per heavy atom. The number of hydrogen-bond acceptors (Lipinski definition) is 2. The highest BCUT2D eigenvalue weighted by Gasteiger charge is 2.21. The molecule has 0 atom stereocenters. The van der Waals surface area contributed by atoms with Crippen LogP contribution in [0.1, 0.15) is 55.8 Å². The molecule has 1 saturated carbocycles. The SMILES string of the molecule is CCCC1CCC(Nc2ccccc2C(=O)O)CC1. The van der Waals surface area contributed by atoms with Gasteiger partial charge in [0.05, 0.1) is 5.56 Å². The standard InChI is InChI=1S/C16H23NO2/c1-2-5-12-8-10-13(11-9-12)17-15-7-4-3-6-14(15)16(18)19/h3-4,6-7,12-13,17H,2,5,8-11H2,1H3,(H,18,19). The lowest BCUT2D eigenvalue weighted by molar-refractivity contribution is 0.0698. The fourth-order valence-electron chi connectivity index (χ4n) is 3.02. The molecule has 0 unspecified atom stereocenters. The Morgan fingerprint density at radius 1 is 1.26 bits per heavy atom. The van der Waals surface area contributed by atoms with Gasteiger partial charge in [-0.1, -0.05) is 31.9 Å². The van der Waals surface area contributed by atoms with Gasteiger partial charge < -0.3 is 10.4 Å². The van der Waals surface area contributed by atoms with Crippen LogP contribution >= 0.6 is 0 Å². The first-order valence-corrected chi connectivity index (χ1v) is 7.29. The van der Waals surface area contributed by atoms with E-state index in [1.54, 1.807) is 12.1 Å². The van der Waals surface area contributed by atoms with E-state index in [0.29, 0.717) is 11.6 Å². The molecule has 2 rings (SSSR count). The number of aromatic carboxylic acids is 1. The van der Waals surface area contributed by atoms with Crippen molar-refractivity contribution in [3.8, 4) is 0 Å². The first-order valence-electron chi connectivity index (χ1n) is 7.29. The van der Waals surface area contributed by atoms with Crippen molar-refractivity contribution < 1.29 is 9.90 Å². The third-order valence-electron chi connectivity index (χ3n) is 4.06. The summed E-state index contributed by atoms with van der Waals surface area (Å²) in [7, 11) is 0. The zero-order valence-corrected chi connectivity index (χ0v) is 11.6. The molecule has 0 bridgehead atoms. The van der Waals surface area contributed by atoms with Crippen molar-refractivity contribution >= 4 is 11.7 Å². The number of hydrogen-bond donors (Lipinski definition) is 2. The van der Waals surface area contributed by atoms with Crippen LogP contribution in [0.25, 0.3) is 0 Å². The third-order valence-corrected chi connectivity index (χ3v) is 4.06. The molecule has 3 heteroatoms. The van der Waals surface area contributed by atoms with Gasteiger partial charge in [-0.25, -0.2) is 4.79 Å². The number of rotatable bonds is 5. The number of anilines is 1. The summed E-state index contributed by atoms with van der Waals surface area (Å²) in [5.41, 5.74) is 1.13. The molecule has 0 radical (unpaired) electrons. The van der Waals surface area contributed by atoms with Gasteiger partial charge in [0.15, 0.2) is 0 Å². The average molecular weight is 261 g/mol. The first kappa shape index (κ1) is 13.9. The lowest BCUT2D eigenvalue weighted by atomic mass is 9.83. The molecule has 2 N–H and O–H groups in total. The Hall–Kier alpha value is -1.51. The molecule has 0 aliphatic heterocycles. The molecule has 1 aliphatic carbocycles. The molecule has 3 nitrogen and oxygen atoms in total. The number of nitrogens with one attached hydrogen (secondary N) is 1. The summed E-state index contributed by atoms with van der Waals surface area (Å²) in [4.78, 5) is 11.2. The van der Waals surface area contributed by atoms with Crippen molar-refractivity contribution in [3.63, 3.8) is 0 Å². The van der Waals surface area contributed by atoms with Gasteiger partial charge >= 0.3 is 5.97 Å². The van der Waals surface area contributed by atoms with Gasteiger partial charge in [0, 0.05) is 11.7 Å². The minimum Gasteiger partial charge on any atom is -0.478 e. The summed E-state index contributed by atoms with van der Waals surface area (Å²) in [5.74, 6) is 0.0144. The van der Waals surface area contributed by atoms with Crippen molar-refractivity contribution in [2.24, 2.45) is 5.92 Å². The van der Waals surface area contributed by atoms with Crippen LogP contribution in [0.3, 0.4) is 0 Å². The van der Waals surface area contributed by atoms with Crippen LogP contribution in [0.4, 0.5) is 5.69 Å². The van der Waals surface area contributed by atoms with Gasteiger partial charge in [0.2, 0.25) is 0 Å². The largest absolute Gasteiger partial charge is 0.478 e. The number of carbonyl (C=O) groups is 1. The fourth-order valence-corrected chi connectivity index (χ4v) is 3.02. The number of para-hydroxylation sites is 1. The second kappa shape index (κ2) is 6.60. The van der Waals surface area contributed by atoms with E-state index in [4.69, 9.17) is 5.11 Å². The van der Waals surface area contributed by atoms with Crippen LogP contribution in [0.5, 0.6) is 0 Å². The maximum Gasteiger partial charge on any atom is 0.337 e. The van der Waals surface area contributed by atoms with E-state index >= 15 is 0 Å². The van der Waals surface area contributed by atoms with Crippen LogP contribution in [-0.4, -0.2) is 17.1 Å². The Bertz CT molecular complexity index is 423. The molecular weight excluding hydrogens is 238 g/mol. The third kappa shape index (κ3) is 3.72. The summed E-state index contributed by atoms with van der Waals surface area (Å²) in [6, 6.07) is 7.60. The zero-order chi connectivity index (χ0) is 13.7. The van der Waals surface area contributed by atoms with E-state index in [1.807, 2.05) is 12.1 Å². The normalized spacial score (nSPS) is 23.0. The Labute approximate surface area is 115 Å². The molecule has 104 valence electrons.